The molecule has 1 aromatic heterocycles. The quantitative estimate of drug-likeness (QED) is 0.349. The zero-order valence-corrected chi connectivity index (χ0v) is 24.5. The molecule has 2 aromatic rings. The van der Waals surface area contributed by atoms with E-state index in [1.807, 2.05) is 4.90 Å². The van der Waals surface area contributed by atoms with E-state index >= 15 is 0 Å². The van der Waals surface area contributed by atoms with Crippen molar-refractivity contribution in [2.45, 2.75) is 81.8 Å². The van der Waals surface area contributed by atoms with Crippen molar-refractivity contribution in [1.82, 2.24) is 15.1 Å². The molecule has 2 amide bonds. The van der Waals surface area contributed by atoms with Crippen LogP contribution in [0.15, 0.2) is 34.7 Å². The van der Waals surface area contributed by atoms with E-state index in [0.717, 1.165) is 25.7 Å². The number of hydrogen-bond acceptors (Lipinski definition) is 5. The second-order valence-corrected chi connectivity index (χ2v) is 12.1. The van der Waals surface area contributed by atoms with Gasteiger partial charge in [-0.1, -0.05) is 32.1 Å². The van der Waals surface area contributed by atoms with Gasteiger partial charge in [-0.3, -0.25) is 14.5 Å². The van der Waals surface area contributed by atoms with Gasteiger partial charge in [0.05, 0.1) is 24.3 Å². The van der Waals surface area contributed by atoms with Gasteiger partial charge in [-0.15, -0.1) is 0 Å². The summed E-state index contributed by atoms with van der Waals surface area (Å²) in [6.45, 7) is 1.67. The predicted octanol–water partition coefficient (Wildman–Crippen LogP) is 6.26. The van der Waals surface area contributed by atoms with Crippen LogP contribution in [0.25, 0.3) is 11.3 Å². The van der Waals surface area contributed by atoms with Gasteiger partial charge in [0.15, 0.2) is 0 Å². The Balaban J connectivity index is 1.27. The van der Waals surface area contributed by atoms with Crippen molar-refractivity contribution < 1.29 is 45.1 Å². The Bertz CT molecular complexity index is 1290. The summed E-state index contributed by atoms with van der Waals surface area (Å²) in [7, 11) is 1.55. The lowest BCUT2D eigenvalue weighted by molar-refractivity contribution is -0.162. The fraction of sp³-hybridized carbons (Fsp3) is 0.613. The number of piperazine rings is 1. The van der Waals surface area contributed by atoms with Crippen molar-refractivity contribution in [3.63, 3.8) is 0 Å². The summed E-state index contributed by atoms with van der Waals surface area (Å²) in [5, 5.41) is 3.03. The molecule has 3 aliphatic rings. The highest BCUT2D eigenvalue weighted by atomic mass is 19.4. The van der Waals surface area contributed by atoms with E-state index in [0.29, 0.717) is 69.3 Å². The van der Waals surface area contributed by atoms with E-state index in [9.17, 15) is 35.9 Å². The highest BCUT2D eigenvalue weighted by Gasteiger charge is 2.53. The molecule has 242 valence electrons. The lowest BCUT2D eigenvalue weighted by atomic mass is 9.79. The van der Waals surface area contributed by atoms with E-state index in [2.05, 4.69) is 5.32 Å². The smallest absolute Gasteiger partial charge is 0.416 e. The van der Waals surface area contributed by atoms with Crippen LogP contribution in [-0.4, -0.2) is 66.5 Å². The molecular formula is C31H37F6N3O4. The molecule has 1 aromatic carbocycles. The summed E-state index contributed by atoms with van der Waals surface area (Å²) in [6, 6.07) is 3.67. The van der Waals surface area contributed by atoms with Gasteiger partial charge in [-0.05, 0) is 55.5 Å². The molecule has 1 spiro atoms. The molecule has 1 N–H and O–H groups in total. The van der Waals surface area contributed by atoms with Gasteiger partial charge in [0.1, 0.15) is 23.1 Å². The molecule has 3 heterocycles. The van der Waals surface area contributed by atoms with Crippen LogP contribution in [0.3, 0.4) is 0 Å². The maximum atomic E-state index is 13.7. The molecular weight excluding hydrogens is 592 g/mol. The van der Waals surface area contributed by atoms with E-state index < -0.39 is 35.1 Å². The van der Waals surface area contributed by atoms with Crippen molar-refractivity contribution in [2.75, 3.05) is 33.4 Å². The predicted molar refractivity (Wildman–Crippen MR) is 148 cm³/mol. The topological polar surface area (TPSA) is 75.0 Å². The molecule has 0 radical (unpaired) electrons. The van der Waals surface area contributed by atoms with Gasteiger partial charge in [-0.2, -0.15) is 26.3 Å². The Morgan fingerprint density at radius 3 is 2.18 bits per heavy atom. The minimum absolute atomic E-state index is 0.0806. The summed E-state index contributed by atoms with van der Waals surface area (Å²) < 4.78 is 90.9. The van der Waals surface area contributed by atoms with Crippen LogP contribution in [0.1, 0.15) is 68.3 Å². The lowest BCUT2D eigenvalue weighted by Gasteiger charge is -2.52. The van der Waals surface area contributed by atoms with Crippen molar-refractivity contribution in [3.8, 4) is 11.3 Å². The van der Waals surface area contributed by atoms with Crippen molar-refractivity contribution in [1.29, 1.82) is 0 Å². The summed E-state index contributed by atoms with van der Waals surface area (Å²) in [5.74, 6) is 0.397. The fourth-order valence-electron chi connectivity index (χ4n) is 6.81. The molecule has 0 bridgehead atoms. The van der Waals surface area contributed by atoms with E-state index in [4.69, 9.17) is 9.15 Å². The van der Waals surface area contributed by atoms with Crippen LogP contribution in [-0.2, 0) is 33.2 Å². The highest BCUT2D eigenvalue weighted by Crippen LogP contribution is 2.40. The third-order valence-electron chi connectivity index (χ3n) is 9.22. The zero-order chi connectivity index (χ0) is 31.7. The number of furan rings is 1. The summed E-state index contributed by atoms with van der Waals surface area (Å²) in [5.41, 5.74) is -4.18. The number of nitrogens with one attached hydrogen (secondary N) is 1. The van der Waals surface area contributed by atoms with Gasteiger partial charge < -0.3 is 19.4 Å². The summed E-state index contributed by atoms with van der Waals surface area (Å²) in [4.78, 5) is 31.0. The van der Waals surface area contributed by atoms with E-state index in [-0.39, 0.29) is 35.7 Å². The van der Waals surface area contributed by atoms with Crippen molar-refractivity contribution in [3.05, 3.63) is 47.2 Å². The number of halogens is 6. The number of hydrogen-bond donors (Lipinski definition) is 1. The average molecular weight is 630 g/mol. The molecule has 7 nitrogen and oxygen atoms in total. The molecule has 1 unspecified atom stereocenters. The van der Waals surface area contributed by atoms with Crippen molar-refractivity contribution >= 4 is 11.8 Å². The minimum Gasteiger partial charge on any atom is -0.460 e. The molecule has 44 heavy (non-hydrogen) atoms. The van der Waals surface area contributed by atoms with Crippen LogP contribution in [0.4, 0.5) is 26.3 Å². The molecule has 1 atom stereocenters. The molecule has 5 rings (SSSR count). The van der Waals surface area contributed by atoms with Gasteiger partial charge in [0, 0.05) is 32.3 Å². The van der Waals surface area contributed by atoms with Gasteiger partial charge in [0.2, 0.25) is 11.8 Å². The SMILES string of the molecule is COCCN1C(=O)C(CC2CCCCC2)NC(=O)C12CCN(Cc1ccc(-c3cc(C(F)(F)F)cc(C(F)(F)F)c3)o1)CC2. The van der Waals surface area contributed by atoms with E-state index in [1.54, 1.807) is 12.0 Å². The Morgan fingerprint density at radius 1 is 0.955 bits per heavy atom. The number of benzene rings is 1. The number of carbonyl (C=O) groups is 2. The van der Waals surface area contributed by atoms with Gasteiger partial charge >= 0.3 is 12.4 Å². The van der Waals surface area contributed by atoms with Crippen LogP contribution >= 0.6 is 0 Å². The third kappa shape index (κ3) is 6.93. The first-order chi connectivity index (χ1) is 20.8. The number of amides is 2. The molecule has 13 heteroatoms. The Labute approximate surface area is 251 Å². The number of piperidine rings is 1. The first-order valence-corrected chi connectivity index (χ1v) is 15.0. The number of rotatable bonds is 8. The fourth-order valence-corrected chi connectivity index (χ4v) is 6.81. The average Bonchev–Trinajstić information content (AvgIpc) is 3.45. The number of carbonyl (C=O) groups excluding carboxylic acids is 2. The number of ether oxygens (including phenoxy) is 1. The monoisotopic (exact) mass is 629 g/mol. The second-order valence-electron chi connectivity index (χ2n) is 12.1. The zero-order valence-electron chi connectivity index (χ0n) is 24.5. The molecule has 1 saturated carbocycles. The number of nitrogens with zero attached hydrogens (tertiary/aromatic N) is 2. The normalized spacial score (nSPS) is 22.1. The first kappa shape index (κ1) is 32.3. The maximum Gasteiger partial charge on any atom is 0.416 e. The van der Waals surface area contributed by atoms with E-state index in [1.165, 1.54) is 18.6 Å². The standard InChI is InChI=1S/C31H37F6N3O4/c1-43-14-13-40-27(41)25(15-20-5-3-2-4-6-20)38-28(42)29(40)9-11-39(12-10-29)19-24-7-8-26(44-24)21-16-22(30(32,33)34)18-23(17-21)31(35,36)37/h7-8,16-18,20,25H,2-6,9-15,19H2,1H3,(H,38,42). The van der Waals surface area contributed by atoms with Crippen LogP contribution < -0.4 is 5.32 Å². The molecule has 1 aliphatic carbocycles. The second kappa shape index (κ2) is 12.7. The maximum absolute atomic E-state index is 13.7. The number of methoxy groups -OCH3 is 1. The van der Waals surface area contributed by atoms with Gasteiger partial charge in [-0.25, -0.2) is 0 Å². The van der Waals surface area contributed by atoms with Crippen molar-refractivity contribution in [2.24, 2.45) is 5.92 Å². The summed E-state index contributed by atoms with van der Waals surface area (Å²) in [6.07, 6.45) is -2.98. The lowest BCUT2D eigenvalue weighted by Crippen LogP contribution is -2.73. The number of likely N-dealkylation sites (tertiary alicyclic amines) is 1. The molecule has 2 aliphatic heterocycles. The first-order valence-electron chi connectivity index (χ1n) is 15.0. The van der Waals surface area contributed by atoms with Crippen LogP contribution in [0.5, 0.6) is 0 Å². The highest BCUT2D eigenvalue weighted by molar-refractivity contribution is 6.00. The Kier molecular flexibility index (Phi) is 9.36. The van der Waals surface area contributed by atoms with Crippen LogP contribution in [0, 0.1) is 5.92 Å². The van der Waals surface area contributed by atoms with Crippen LogP contribution in [0.2, 0.25) is 0 Å². The molecule has 2 saturated heterocycles. The third-order valence-corrected chi connectivity index (χ3v) is 9.22. The van der Waals surface area contributed by atoms with Gasteiger partial charge in [0.25, 0.3) is 0 Å². The number of alkyl halides is 6. The minimum atomic E-state index is -4.96. The Hall–Kier alpha value is -3.06. The largest absolute Gasteiger partial charge is 0.460 e. The molecule has 3 fully saturated rings. The summed E-state index contributed by atoms with van der Waals surface area (Å²) >= 11 is 0. The Morgan fingerprint density at radius 2 is 1.59 bits per heavy atom.